The monoisotopic (exact) mass is 437 g/mol. The molecular weight excluding hydrogens is 418 g/mol. The number of methoxy groups -OCH3 is 1. The fraction of sp³-hybridized carbons (Fsp3) is 0.300. The molecule has 7 nitrogen and oxygen atoms in total. The van der Waals surface area contributed by atoms with Crippen LogP contribution >= 0.6 is 0 Å². The topological polar surface area (TPSA) is 86.0 Å². The van der Waals surface area contributed by atoms with E-state index >= 15 is 8.78 Å². The van der Waals surface area contributed by atoms with E-state index < -0.39 is 47.1 Å². The summed E-state index contributed by atoms with van der Waals surface area (Å²) in [5.74, 6) is -6.03. The average molecular weight is 437 g/mol. The fourth-order valence-corrected chi connectivity index (χ4v) is 3.10. The molecule has 0 amide bonds. The second kappa shape index (κ2) is 8.90. The molecule has 164 valence electrons. The van der Waals surface area contributed by atoms with Crippen LogP contribution in [0.3, 0.4) is 0 Å². The fourth-order valence-electron chi connectivity index (χ4n) is 3.10. The summed E-state index contributed by atoms with van der Waals surface area (Å²) < 4.78 is 66.1. The molecule has 2 heterocycles. The van der Waals surface area contributed by atoms with Crippen molar-refractivity contribution < 1.29 is 27.4 Å². The van der Waals surface area contributed by atoms with Crippen molar-refractivity contribution in [3.63, 3.8) is 0 Å². The Bertz CT molecular complexity index is 1040. The van der Waals surface area contributed by atoms with Gasteiger partial charge in [-0.25, -0.2) is 13.5 Å². The maximum absolute atomic E-state index is 15.9. The average Bonchev–Trinajstić information content (AvgIpc) is 3.24. The number of pyridine rings is 1. The van der Waals surface area contributed by atoms with Gasteiger partial charge in [0.15, 0.2) is 5.60 Å². The van der Waals surface area contributed by atoms with Gasteiger partial charge >= 0.3 is 5.92 Å². The maximum Gasteiger partial charge on any atom is 0.324 e. The third-order valence-electron chi connectivity index (χ3n) is 4.67. The van der Waals surface area contributed by atoms with Crippen molar-refractivity contribution in [1.29, 1.82) is 0 Å². The van der Waals surface area contributed by atoms with Crippen LogP contribution in [0.5, 0.6) is 0 Å². The van der Waals surface area contributed by atoms with Crippen LogP contribution < -0.4 is 0 Å². The molecule has 0 fully saturated rings. The third-order valence-corrected chi connectivity index (χ3v) is 4.67. The standard InChI is InChI=1S/C20H19F4N5O2/c1-13(30)3-4-14-5-8-18(25-10-14)20(23,24)19(31-2,11-29-12-26-27-28-29)16-7-6-15(21)9-17(16)22/h3-10,12-13,30H,11H2,1-2H3/b4-3+. The van der Waals surface area contributed by atoms with Gasteiger partial charge in [0.2, 0.25) is 0 Å². The number of tetrazole rings is 1. The summed E-state index contributed by atoms with van der Waals surface area (Å²) in [5.41, 5.74) is -3.47. The third kappa shape index (κ3) is 4.47. The highest BCUT2D eigenvalue weighted by Gasteiger charge is 2.59. The zero-order valence-electron chi connectivity index (χ0n) is 16.6. The van der Waals surface area contributed by atoms with Crippen LogP contribution in [0.2, 0.25) is 0 Å². The molecule has 0 radical (unpaired) electrons. The summed E-state index contributed by atoms with van der Waals surface area (Å²) in [6.45, 7) is 0.854. The first-order valence-corrected chi connectivity index (χ1v) is 9.11. The molecule has 0 saturated heterocycles. The lowest BCUT2D eigenvalue weighted by Gasteiger charge is -2.39. The Morgan fingerprint density at radius 3 is 2.55 bits per heavy atom. The summed E-state index contributed by atoms with van der Waals surface area (Å²) in [6.07, 6.45) is 4.51. The number of aliphatic hydroxyl groups excluding tert-OH is 1. The molecule has 3 aromatic rings. The number of ether oxygens (including phenoxy) is 1. The number of aliphatic hydroxyl groups is 1. The summed E-state index contributed by atoms with van der Waals surface area (Å²) in [4.78, 5) is 3.82. The SMILES string of the molecule is COC(Cn1cnnn1)(c1ccc(F)cc1F)C(F)(F)c1ccc(/C=C/C(C)O)cn1. The van der Waals surface area contributed by atoms with Gasteiger partial charge in [0, 0.05) is 24.9 Å². The van der Waals surface area contributed by atoms with Crippen molar-refractivity contribution >= 4 is 6.08 Å². The van der Waals surface area contributed by atoms with Crippen LogP contribution in [0.25, 0.3) is 6.08 Å². The van der Waals surface area contributed by atoms with Gasteiger partial charge in [0.05, 0.1) is 12.6 Å². The molecule has 0 aliphatic heterocycles. The number of aromatic nitrogens is 5. The zero-order chi connectivity index (χ0) is 22.6. The predicted octanol–water partition coefficient (Wildman–Crippen LogP) is 3.07. The van der Waals surface area contributed by atoms with Crippen molar-refractivity contribution in [3.05, 3.63) is 77.4 Å². The molecule has 1 N–H and O–H groups in total. The second-order valence-corrected chi connectivity index (χ2v) is 6.81. The lowest BCUT2D eigenvalue weighted by molar-refractivity contribution is -0.223. The molecular formula is C20H19F4N5O2. The van der Waals surface area contributed by atoms with Crippen LogP contribution in [-0.4, -0.2) is 43.5 Å². The highest BCUT2D eigenvalue weighted by molar-refractivity contribution is 5.48. The van der Waals surface area contributed by atoms with Crippen LogP contribution in [0.1, 0.15) is 23.7 Å². The molecule has 0 spiro atoms. The predicted molar refractivity (Wildman–Crippen MR) is 102 cm³/mol. The minimum Gasteiger partial charge on any atom is -0.389 e. The van der Waals surface area contributed by atoms with E-state index in [1.54, 1.807) is 0 Å². The normalized spacial score (nSPS) is 15.2. The number of benzene rings is 1. The van der Waals surface area contributed by atoms with E-state index in [0.29, 0.717) is 11.6 Å². The smallest absolute Gasteiger partial charge is 0.324 e. The Morgan fingerprint density at radius 1 is 1.23 bits per heavy atom. The first-order valence-electron chi connectivity index (χ1n) is 9.11. The van der Waals surface area contributed by atoms with Gasteiger partial charge in [0.1, 0.15) is 23.7 Å². The van der Waals surface area contributed by atoms with Gasteiger partial charge in [0.25, 0.3) is 0 Å². The van der Waals surface area contributed by atoms with Crippen molar-refractivity contribution in [2.45, 2.75) is 31.1 Å². The van der Waals surface area contributed by atoms with E-state index in [9.17, 15) is 13.9 Å². The van der Waals surface area contributed by atoms with Gasteiger partial charge in [-0.05, 0) is 41.1 Å². The van der Waals surface area contributed by atoms with E-state index in [0.717, 1.165) is 36.3 Å². The second-order valence-electron chi connectivity index (χ2n) is 6.81. The van der Waals surface area contributed by atoms with Crippen molar-refractivity contribution in [3.8, 4) is 0 Å². The van der Waals surface area contributed by atoms with Crippen molar-refractivity contribution in [1.82, 2.24) is 25.2 Å². The van der Waals surface area contributed by atoms with E-state index in [1.165, 1.54) is 31.3 Å². The number of hydrogen-bond donors (Lipinski definition) is 1. The molecule has 31 heavy (non-hydrogen) atoms. The number of halogens is 4. The number of alkyl halides is 2. The molecule has 0 aliphatic carbocycles. The summed E-state index contributed by atoms with van der Waals surface area (Å²) in [5, 5.41) is 19.7. The molecule has 2 atom stereocenters. The molecule has 11 heteroatoms. The number of hydrogen-bond acceptors (Lipinski definition) is 6. The number of rotatable bonds is 8. The van der Waals surface area contributed by atoms with Crippen molar-refractivity contribution in [2.24, 2.45) is 0 Å². The van der Waals surface area contributed by atoms with Gasteiger partial charge in [-0.1, -0.05) is 18.2 Å². The molecule has 0 bridgehead atoms. The Morgan fingerprint density at radius 2 is 2.00 bits per heavy atom. The Kier molecular flexibility index (Phi) is 6.46. The van der Waals surface area contributed by atoms with E-state index in [4.69, 9.17) is 4.74 Å². The minimum atomic E-state index is -3.89. The molecule has 1 aromatic carbocycles. The van der Waals surface area contributed by atoms with Gasteiger partial charge in [-0.15, -0.1) is 5.10 Å². The molecule has 0 saturated carbocycles. The van der Waals surface area contributed by atoms with Crippen LogP contribution in [-0.2, 0) is 22.8 Å². The molecule has 2 aromatic heterocycles. The maximum atomic E-state index is 15.9. The Hall–Kier alpha value is -3.18. The first-order chi connectivity index (χ1) is 14.7. The highest BCUT2D eigenvalue weighted by Crippen LogP contribution is 2.49. The highest BCUT2D eigenvalue weighted by atomic mass is 19.3. The molecule has 2 unspecified atom stereocenters. The van der Waals surface area contributed by atoms with E-state index in [-0.39, 0.29) is 0 Å². The zero-order valence-corrected chi connectivity index (χ0v) is 16.6. The summed E-state index contributed by atoms with van der Waals surface area (Å²) in [6, 6.07) is 4.69. The van der Waals surface area contributed by atoms with Gasteiger partial charge in [-0.3, -0.25) is 4.98 Å². The molecule has 3 rings (SSSR count). The quantitative estimate of drug-likeness (QED) is 0.545. The number of nitrogens with zero attached hydrogens (tertiary/aromatic N) is 5. The lowest BCUT2D eigenvalue weighted by atomic mass is 9.84. The van der Waals surface area contributed by atoms with E-state index in [2.05, 4.69) is 20.5 Å². The van der Waals surface area contributed by atoms with Crippen LogP contribution in [0.15, 0.2) is 48.9 Å². The largest absolute Gasteiger partial charge is 0.389 e. The first kappa shape index (κ1) is 22.5. The summed E-state index contributed by atoms with van der Waals surface area (Å²) in [7, 11) is 0.987. The van der Waals surface area contributed by atoms with Gasteiger partial charge in [-0.2, -0.15) is 8.78 Å². The summed E-state index contributed by atoms with van der Waals surface area (Å²) >= 11 is 0. The Labute approximate surface area is 175 Å². The van der Waals surface area contributed by atoms with Gasteiger partial charge < -0.3 is 9.84 Å². The van der Waals surface area contributed by atoms with Crippen molar-refractivity contribution in [2.75, 3.05) is 7.11 Å². The van der Waals surface area contributed by atoms with Crippen LogP contribution in [0.4, 0.5) is 17.6 Å². The minimum absolute atomic E-state index is 0.469. The lowest BCUT2D eigenvalue weighted by Crippen LogP contribution is -2.49. The Balaban J connectivity index is 2.13. The van der Waals surface area contributed by atoms with Crippen LogP contribution in [0, 0.1) is 11.6 Å². The molecule has 0 aliphatic rings. The van der Waals surface area contributed by atoms with E-state index in [1.807, 2.05) is 0 Å².